The van der Waals surface area contributed by atoms with E-state index >= 15 is 0 Å². The normalized spacial score (nSPS) is 14.1. The van der Waals surface area contributed by atoms with E-state index in [1.54, 1.807) is 24.3 Å². The lowest BCUT2D eigenvalue weighted by Gasteiger charge is -2.37. The molecule has 154 valence electrons. The second-order valence-corrected chi connectivity index (χ2v) is 6.70. The number of piperazine rings is 1. The summed E-state index contributed by atoms with van der Waals surface area (Å²) in [4.78, 5) is 44.3. The molecule has 1 aliphatic rings. The molecule has 0 aliphatic carbocycles. The molecule has 9 heteroatoms. The number of aromatic nitrogens is 2. The Labute approximate surface area is 168 Å². The summed E-state index contributed by atoms with van der Waals surface area (Å²) >= 11 is 0. The third-order valence-corrected chi connectivity index (χ3v) is 4.61. The van der Waals surface area contributed by atoms with Crippen LogP contribution in [0.2, 0.25) is 0 Å². The molecule has 1 aliphatic heterocycles. The number of hydrogen-bond donors (Lipinski definition) is 2. The van der Waals surface area contributed by atoms with Crippen molar-refractivity contribution < 1.29 is 24.6 Å². The molecule has 1 saturated heterocycles. The van der Waals surface area contributed by atoms with E-state index in [0.29, 0.717) is 17.3 Å². The zero-order chi connectivity index (χ0) is 21.4. The molecule has 2 heterocycles. The summed E-state index contributed by atoms with van der Waals surface area (Å²) in [7, 11) is 0. The maximum Gasteiger partial charge on any atom is 0.356 e. The Morgan fingerprint density at radius 3 is 2.17 bits per heavy atom. The summed E-state index contributed by atoms with van der Waals surface area (Å²) in [5.74, 6) is -1.10. The monoisotopic (exact) mass is 400 g/mol. The van der Waals surface area contributed by atoms with Crippen LogP contribution in [0.4, 0.5) is 0 Å². The van der Waals surface area contributed by atoms with Crippen molar-refractivity contribution in [3.05, 3.63) is 47.9 Å². The quantitative estimate of drug-likeness (QED) is 0.744. The fourth-order valence-electron chi connectivity index (χ4n) is 3.02. The second kappa shape index (κ2) is 10.3. The Hall–Kier alpha value is -3.33. The first kappa shape index (κ1) is 22.0. The van der Waals surface area contributed by atoms with Gasteiger partial charge in [-0.1, -0.05) is 12.1 Å². The fraction of sp³-hybridized carbons (Fsp3) is 0.350. The van der Waals surface area contributed by atoms with Crippen LogP contribution in [0.5, 0.6) is 0 Å². The summed E-state index contributed by atoms with van der Waals surface area (Å²) in [6.45, 7) is 7.31. The predicted octanol–water partition coefficient (Wildman–Crippen LogP) is 1.71. The molecule has 1 amide bonds. The minimum Gasteiger partial charge on any atom is -0.483 e. The zero-order valence-corrected chi connectivity index (χ0v) is 16.4. The van der Waals surface area contributed by atoms with Crippen molar-refractivity contribution in [2.24, 2.45) is 0 Å². The highest BCUT2D eigenvalue weighted by atomic mass is 16.4. The molecular formula is C20H24N4O5. The van der Waals surface area contributed by atoms with Crippen LogP contribution < -0.4 is 0 Å². The van der Waals surface area contributed by atoms with Crippen LogP contribution in [0.15, 0.2) is 36.7 Å². The largest absolute Gasteiger partial charge is 0.483 e. The molecule has 0 spiro atoms. The van der Waals surface area contributed by atoms with Gasteiger partial charge >= 0.3 is 5.97 Å². The molecule has 0 bridgehead atoms. The summed E-state index contributed by atoms with van der Waals surface area (Å²) in [6.07, 6.45) is 2.72. The van der Waals surface area contributed by atoms with E-state index in [1.165, 1.54) is 12.4 Å². The topological polar surface area (TPSA) is 124 Å². The Morgan fingerprint density at radius 2 is 1.66 bits per heavy atom. The molecule has 3 rings (SSSR count). The van der Waals surface area contributed by atoms with Gasteiger partial charge < -0.3 is 15.1 Å². The molecule has 0 atom stereocenters. The average molecular weight is 400 g/mol. The lowest BCUT2D eigenvalue weighted by atomic mass is 10.1. The van der Waals surface area contributed by atoms with Gasteiger partial charge in [-0.2, -0.15) is 0 Å². The summed E-state index contributed by atoms with van der Waals surface area (Å²) in [6, 6.07) is 7.54. The zero-order valence-electron chi connectivity index (χ0n) is 16.4. The first-order chi connectivity index (χ1) is 13.9. The van der Waals surface area contributed by atoms with E-state index in [4.69, 9.17) is 15.0 Å². The van der Waals surface area contributed by atoms with E-state index < -0.39 is 5.97 Å². The van der Waals surface area contributed by atoms with Gasteiger partial charge in [0.05, 0.1) is 18.1 Å². The third kappa shape index (κ3) is 5.82. The van der Waals surface area contributed by atoms with Crippen molar-refractivity contribution >= 4 is 18.3 Å². The van der Waals surface area contributed by atoms with Gasteiger partial charge in [0.15, 0.2) is 5.69 Å². The number of carboxylic acids is 1. The smallest absolute Gasteiger partial charge is 0.356 e. The van der Waals surface area contributed by atoms with Gasteiger partial charge in [0, 0.05) is 43.3 Å². The number of rotatable bonds is 4. The van der Waals surface area contributed by atoms with Gasteiger partial charge in [-0.25, -0.2) is 9.78 Å². The van der Waals surface area contributed by atoms with Crippen LogP contribution in [-0.4, -0.2) is 80.6 Å². The molecule has 1 aromatic heterocycles. The van der Waals surface area contributed by atoms with E-state index in [2.05, 4.69) is 28.7 Å². The Bertz CT molecular complexity index is 846. The van der Waals surface area contributed by atoms with Crippen LogP contribution in [0.25, 0.3) is 11.3 Å². The van der Waals surface area contributed by atoms with Gasteiger partial charge in [-0.15, -0.1) is 0 Å². The molecule has 29 heavy (non-hydrogen) atoms. The number of carboxylic acid groups (broad SMARTS) is 2. The van der Waals surface area contributed by atoms with Crippen LogP contribution in [0.3, 0.4) is 0 Å². The number of amides is 1. The summed E-state index contributed by atoms with van der Waals surface area (Å²) in [5.41, 5.74) is 1.70. The highest BCUT2D eigenvalue weighted by Gasteiger charge is 2.23. The van der Waals surface area contributed by atoms with Gasteiger partial charge in [-0.05, 0) is 26.0 Å². The van der Waals surface area contributed by atoms with Crippen LogP contribution >= 0.6 is 0 Å². The number of nitrogens with zero attached hydrogens (tertiary/aromatic N) is 4. The maximum absolute atomic E-state index is 12.7. The molecule has 0 saturated carbocycles. The minimum atomic E-state index is -1.12. The van der Waals surface area contributed by atoms with Crippen molar-refractivity contribution in [2.45, 2.75) is 19.9 Å². The molecule has 0 radical (unpaired) electrons. The van der Waals surface area contributed by atoms with E-state index in [9.17, 15) is 9.59 Å². The van der Waals surface area contributed by atoms with Crippen molar-refractivity contribution in [2.75, 3.05) is 26.2 Å². The van der Waals surface area contributed by atoms with Crippen LogP contribution in [-0.2, 0) is 4.79 Å². The lowest BCUT2D eigenvalue weighted by Crippen LogP contribution is -2.50. The molecular weight excluding hydrogens is 376 g/mol. The lowest BCUT2D eigenvalue weighted by molar-refractivity contribution is -0.122. The van der Waals surface area contributed by atoms with Crippen molar-refractivity contribution in [1.29, 1.82) is 0 Å². The molecule has 9 nitrogen and oxygen atoms in total. The molecule has 1 aromatic carbocycles. The standard InChI is InChI=1S/C19H22N4O3.CH2O2/c1-13(2)22-7-9-23(10-8-22)18(24)15-5-3-14(4-6-15)16-11-20-12-17(21-16)19(25)26;2-1-3/h3-6,11-13H,7-10H2,1-2H3,(H,25,26);1H,(H,2,3). The van der Waals surface area contributed by atoms with Crippen LogP contribution in [0, 0.1) is 0 Å². The van der Waals surface area contributed by atoms with Crippen LogP contribution in [0.1, 0.15) is 34.7 Å². The van der Waals surface area contributed by atoms with Crippen molar-refractivity contribution in [1.82, 2.24) is 19.8 Å². The summed E-state index contributed by atoms with van der Waals surface area (Å²) < 4.78 is 0. The number of hydrogen-bond acceptors (Lipinski definition) is 6. The highest BCUT2D eigenvalue weighted by molar-refractivity contribution is 5.94. The van der Waals surface area contributed by atoms with E-state index in [1.807, 2.05) is 4.90 Å². The van der Waals surface area contributed by atoms with E-state index in [0.717, 1.165) is 31.7 Å². The number of carbonyl (C=O) groups is 3. The van der Waals surface area contributed by atoms with Gasteiger partial charge in [0.1, 0.15) is 0 Å². The Balaban J connectivity index is 0.000000941. The highest BCUT2D eigenvalue weighted by Crippen LogP contribution is 2.18. The second-order valence-electron chi connectivity index (χ2n) is 6.70. The Morgan fingerprint density at radius 1 is 1.07 bits per heavy atom. The van der Waals surface area contributed by atoms with Gasteiger partial charge in [0.2, 0.25) is 0 Å². The molecule has 1 fully saturated rings. The first-order valence-corrected chi connectivity index (χ1v) is 9.14. The summed E-state index contributed by atoms with van der Waals surface area (Å²) in [5, 5.41) is 15.9. The average Bonchev–Trinajstić information content (AvgIpc) is 2.74. The fourth-order valence-corrected chi connectivity index (χ4v) is 3.02. The number of carbonyl (C=O) groups excluding carboxylic acids is 1. The first-order valence-electron chi connectivity index (χ1n) is 9.14. The molecule has 0 unspecified atom stereocenters. The number of benzene rings is 1. The van der Waals surface area contributed by atoms with E-state index in [-0.39, 0.29) is 18.1 Å². The predicted molar refractivity (Wildman–Crippen MR) is 106 cm³/mol. The third-order valence-electron chi connectivity index (χ3n) is 4.61. The minimum absolute atomic E-state index is 0.0188. The molecule has 2 aromatic rings. The SMILES string of the molecule is CC(C)N1CCN(C(=O)c2ccc(-c3cncc(C(=O)O)n3)cc2)CC1.O=CO. The number of aromatic carboxylic acids is 1. The maximum atomic E-state index is 12.7. The Kier molecular flexibility index (Phi) is 7.79. The van der Waals surface area contributed by atoms with Crippen molar-refractivity contribution in [3.63, 3.8) is 0 Å². The van der Waals surface area contributed by atoms with Gasteiger partial charge in [0.25, 0.3) is 12.4 Å². The van der Waals surface area contributed by atoms with Crippen molar-refractivity contribution in [3.8, 4) is 11.3 Å². The molecule has 2 N–H and O–H groups in total. The van der Waals surface area contributed by atoms with Gasteiger partial charge in [-0.3, -0.25) is 19.5 Å².